The van der Waals surface area contributed by atoms with E-state index in [1.165, 1.54) is 18.2 Å². The van der Waals surface area contributed by atoms with Crippen molar-refractivity contribution in [3.8, 4) is 11.4 Å². The van der Waals surface area contributed by atoms with Crippen LogP contribution in [0.15, 0.2) is 42.5 Å². The fourth-order valence-corrected chi connectivity index (χ4v) is 2.49. The van der Waals surface area contributed by atoms with Crippen molar-refractivity contribution < 1.29 is 9.72 Å². The molecule has 1 amide bonds. The zero-order chi connectivity index (χ0) is 18.7. The van der Waals surface area contributed by atoms with E-state index in [-0.39, 0.29) is 22.9 Å². The molecule has 0 saturated heterocycles. The molecule has 0 radical (unpaired) electrons. The number of nitro groups is 1. The van der Waals surface area contributed by atoms with E-state index < -0.39 is 10.8 Å². The molecule has 0 unspecified atom stereocenters. The van der Waals surface area contributed by atoms with E-state index >= 15 is 0 Å². The van der Waals surface area contributed by atoms with Crippen molar-refractivity contribution in [3.05, 3.63) is 63.2 Å². The molecule has 1 heterocycles. The van der Waals surface area contributed by atoms with Gasteiger partial charge in [-0.3, -0.25) is 14.9 Å². The first-order valence-electron chi connectivity index (χ1n) is 7.51. The minimum atomic E-state index is -0.620. The number of halogens is 1. The van der Waals surface area contributed by atoms with Crippen molar-refractivity contribution in [3.63, 3.8) is 0 Å². The second-order valence-electron chi connectivity index (χ2n) is 5.43. The van der Waals surface area contributed by atoms with Gasteiger partial charge in [-0.2, -0.15) is 4.80 Å². The van der Waals surface area contributed by atoms with Crippen molar-refractivity contribution in [1.82, 2.24) is 20.2 Å². The highest BCUT2D eigenvalue weighted by molar-refractivity contribution is 6.31. The summed E-state index contributed by atoms with van der Waals surface area (Å²) in [7, 11) is 0. The van der Waals surface area contributed by atoms with Gasteiger partial charge in [-0.05, 0) is 29.8 Å². The first-order valence-corrected chi connectivity index (χ1v) is 7.89. The molecule has 0 aliphatic rings. The minimum absolute atomic E-state index is 0.0450. The molecule has 0 fully saturated rings. The third-order valence-electron chi connectivity index (χ3n) is 3.55. The lowest BCUT2D eigenvalue weighted by Gasteiger charge is -2.05. The largest absolute Gasteiger partial charge is 0.319 e. The first kappa shape index (κ1) is 17.5. The third-order valence-corrected chi connectivity index (χ3v) is 3.79. The Labute approximate surface area is 152 Å². The number of carbonyl (C=O) groups is 1. The average Bonchev–Trinajstić information content (AvgIpc) is 3.04. The van der Waals surface area contributed by atoms with Crippen molar-refractivity contribution in [2.24, 2.45) is 0 Å². The molecule has 10 heteroatoms. The molecule has 0 spiro atoms. The smallest absolute Gasteiger partial charge is 0.294 e. The molecule has 3 rings (SSSR count). The molecule has 0 bridgehead atoms. The Morgan fingerprint density at radius 1 is 1.31 bits per heavy atom. The Morgan fingerprint density at radius 3 is 2.81 bits per heavy atom. The zero-order valence-electron chi connectivity index (χ0n) is 13.6. The Kier molecular flexibility index (Phi) is 4.90. The van der Waals surface area contributed by atoms with E-state index in [9.17, 15) is 14.9 Å². The lowest BCUT2D eigenvalue weighted by Crippen LogP contribution is -2.21. The third kappa shape index (κ3) is 3.83. The highest BCUT2D eigenvalue weighted by Crippen LogP contribution is 2.27. The summed E-state index contributed by atoms with van der Waals surface area (Å²) in [5.41, 5.74) is 1.54. The van der Waals surface area contributed by atoms with Crippen molar-refractivity contribution >= 4 is 28.9 Å². The van der Waals surface area contributed by atoms with Crippen molar-refractivity contribution in [2.45, 2.75) is 13.5 Å². The van der Waals surface area contributed by atoms with E-state index in [1.54, 1.807) is 0 Å². The summed E-state index contributed by atoms with van der Waals surface area (Å²) in [5, 5.41) is 25.7. The van der Waals surface area contributed by atoms with E-state index in [1.807, 2.05) is 31.2 Å². The summed E-state index contributed by atoms with van der Waals surface area (Å²) in [5.74, 6) is -0.127. The van der Waals surface area contributed by atoms with Crippen molar-refractivity contribution in [2.75, 3.05) is 5.32 Å². The van der Waals surface area contributed by atoms with Gasteiger partial charge in [0.1, 0.15) is 12.2 Å². The second kappa shape index (κ2) is 7.28. The van der Waals surface area contributed by atoms with Crippen LogP contribution in [0.1, 0.15) is 5.56 Å². The monoisotopic (exact) mass is 372 g/mol. The lowest BCUT2D eigenvalue weighted by molar-refractivity contribution is -0.383. The number of tetrazole rings is 1. The van der Waals surface area contributed by atoms with Crippen LogP contribution in [0.5, 0.6) is 0 Å². The number of carbonyl (C=O) groups excluding carboxylic acids is 1. The maximum absolute atomic E-state index is 12.2. The van der Waals surface area contributed by atoms with Gasteiger partial charge in [0.05, 0.1) is 4.92 Å². The maximum atomic E-state index is 12.2. The van der Waals surface area contributed by atoms with Gasteiger partial charge in [0.15, 0.2) is 0 Å². The number of benzene rings is 2. The number of rotatable bonds is 5. The quantitative estimate of drug-likeness (QED) is 0.543. The van der Waals surface area contributed by atoms with E-state index in [0.29, 0.717) is 5.82 Å². The van der Waals surface area contributed by atoms with Crippen LogP contribution < -0.4 is 5.32 Å². The SMILES string of the molecule is Cc1ccccc1-c1nnn(CC(=O)Nc2ccc(Cl)cc2[N+](=O)[O-])n1. The predicted octanol–water partition coefficient (Wildman–Crippen LogP) is 2.85. The number of anilines is 1. The Bertz CT molecular complexity index is 988. The summed E-state index contributed by atoms with van der Waals surface area (Å²) in [6, 6.07) is 11.5. The molecule has 9 nitrogen and oxygen atoms in total. The number of nitro benzene ring substituents is 1. The highest BCUT2D eigenvalue weighted by atomic mass is 35.5. The molecule has 0 atom stereocenters. The molecular weight excluding hydrogens is 360 g/mol. The van der Waals surface area contributed by atoms with Crippen LogP contribution in [-0.4, -0.2) is 31.0 Å². The summed E-state index contributed by atoms with van der Waals surface area (Å²) >= 11 is 5.75. The molecule has 2 aromatic carbocycles. The van der Waals surface area contributed by atoms with Crippen LogP contribution in [-0.2, 0) is 11.3 Å². The van der Waals surface area contributed by atoms with Crippen LogP contribution in [0.2, 0.25) is 5.02 Å². The molecule has 3 aromatic rings. The second-order valence-corrected chi connectivity index (χ2v) is 5.86. The molecule has 0 aliphatic carbocycles. The zero-order valence-corrected chi connectivity index (χ0v) is 14.3. The van der Waals surface area contributed by atoms with Crippen LogP contribution in [0.3, 0.4) is 0 Å². The van der Waals surface area contributed by atoms with Gasteiger partial charge < -0.3 is 5.32 Å². The summed E-state index contributed by atoms with van der Waals surface area (Å²) < 4.78 is 0. The minimum Gasteiger partial charge on any atom is -0.319 e. The Balaban J connectivity index is 1.74. The van der Waals surface area contributed by atoms with E-state index in [4.69, 9.17) is 11.6 Å². The molecule has 1 N–H and O–H groups in total. The fourth-order valence-electron chi connectivity index (χ4n) is 2.32. The van der Waals surface area contributed by atoms with Gasteiger partial charge in [0.2, 0.25) is 11.7 Å². The van der Waals surface area contributed by atoms with Gasteiger partial charge >= 0.3 is 0 Å². The first-order chi connectivity index (χ1) is 12.4. The number of aryl methyl sites for hydroxylation is 1. The standard InChI is InChI=1S/C16H13ClN6O3/c1-10-4-2-3-5-12(10)16-19-21-22(20-16)9-15(24)18-13-7-6-11(17)8-14(13)23(25)26/h2-8H,9H2,1H3,(H,18,24). The summed E-state index contributed by atoms with van der Waals surface area (Å²) in [6.45, 7) is 1.68. The van der Waals surface area contributed by atoms with Gasteiger partial charge in [0.25, 0.3) is 5.69 Å². The van der Waals surface area contributed by atoms with Gasteiger partial charge in [0, 0.05) is 16.7 Å². The predicted molar refractivity (Wildman–Crippen MR) is 94.7 cm³/mol. The molecule has 0 saturated carbocycles. The Morgan fingerprint density at radius 2 is 2.08 bits per heavy atom. The topological polar surface area (TPSA) is 116 Å². The fraction of sp³-hybridized carbons (Fsp3) is 0.125. The van der Waals surface area contributed by atoms with Crippen LogP contribution in [0.4, 0.5) is 11.4 Å². The molecular formula is C16H13ClN6O3. The van der Waals surface area contributed by atoms with Crippen LogP contribution in [0, 0.1) is 17.0 Å². The number of nitrogens with zero attached hydrogens (tertiary/aromatic N) is 5. The summed E-state index contributed by atoms with van der Waals surface area (Å²) in [6.07, 6.45) is 0. The molecule has 1 aromatic heterocycles. The lowest BCUT2D eigenvalue weighted by atomic mass is 10.1. The van der Waals surface area contributed by atoms with E-state index in [2.05, 4.69) is 20.7 Å². The number of amides is 1. The summed E-state index contributed by atoms with van der Waals surface area (Å²) in [4.78, 5) is 23.7. The number of aromatic nitrogens is 4. The maximum Gasteiger partial charge on any atom is 0.294 e. The molecule has 26 heavy (non-hydrogen) atoms. The number of hydrogen-bond donors (Lipinski definition) is 1. The molecule has 0 aliphatic heterocycles. The highest BCUT2D eigenvalue weighted by Gasteiger charge is 2.17. The normalized spacial score (nSPS) is 10.5. The average molecular weight is 373 g/mol. The van der Waals surface area contributed by atoms with Crippen LogP contribution in [0.25, 0.3) is 11.4 Å². The van der Waals surface area contributed by atoms with Gasteiger partial charge in [-0.25, -0.2) is 0 Å². The Hall–Kier alpha value is -3.33. The van der Waals surface area contributed by atoms with Gasteiger partial charge in [-0.15, -0.1) is 10.2 Å². The number of hydrogen-bond acceptors (Lipinski definition) is 6. The van der Waals surface area contributed by atoms with Crippen molar-refractivity contribution in [1.29, 1.82) is 0 Å². The van der Waals surface area contributed by atoms with E-state index in [0.717, 1.165) is 15.9 Å². The number of nitrogens with one attached hydrogen (secondary N) is 1. The van der Waals surface area contributed by atoms with Gasteiger partial charge in [-0.1, -0.05) is 35.9 Å². The van der Waals surface area contributed by atoms with Crippen LogP contribution >= 0.6 is 11.6 Å². The molecule has 132 valence electrons.